The highest BCUT2D eigenvalue weighted by Gasteiger charge is 2.26. The molecule has 0 saturated carbocycles. The van der Waals surface area contributed by atoms with E-state index in [1.165, 1.54) is 24.3 Å². The SMILES string of the molecule is Cc1c(F)cccc1NC(=O)[C@H](Cc1ccccc1)NS(=O)(=O)c1ccc(I)cc1. The fraction of sp³-hybridized carbons (Fsp3) is 0.136. The summed E-state index contributed by atoms with van der Waals surface area (Å²) in [6.45, 7) is 1.55. The molecule has 1 atom stereocenters. The van der Waals surface area contributed by atoms with Gasteiger partial charge in [-0.15, -0.1) is 0 Å². The van der Waals surface area contributed by atoms with Crippen LogP contribution in [0.3, 0.4) is 0 Å². The Hall–Kier alpha value is -2.30. The Morgan fingerprint density at radius 1 is 1.00 bits per heavy atom. The molecular formula is C22H20FIN2O3S. The average molecular weight is 538 g/mol. The van der Waals surface area contributed by atoms with Crippen molar-refractivity contribution in [3.8, 4) is 0 Å². The molecule has 156 valence electrons. The van der Waals surface area contributed by atoms with Crippen LogP contribution in [-0.4, -0.2) is 20.4 Å². The quantitative estimate of drug-likeness (QED) is 0.442. The van der Waals surface area contributed by atoms with Gasteiger partial charge in [0.1, 0.15) is 11.9 Å². The van der Waals surface area contributed by atoms with Crippen molar-refractivity contribution >= 4 is 44.2 Å². The summed E-state index contributed by atoms with van der Waals surface area (Å²) in [5, 5.41) is 2.65. The molecule has 0 radical (unpaired) electrons. The van der Waals surface area contributed by atoms with Crippen LogP contribution >= 0.6 is 22.6 Å². The smallest absolute Gasteiger partial charge is 0.242 e. The van der Waals surface area contributed by atoms with Crippen molar-refractivity contribution in [2.24, 2.45) is 0 Å². The first-order chi connectivity index (χ1) is 14.3. The maximum Gasteiger partial charge on any atom is 0.242 e. The summed E-state index contributed by atoms with van der Waals surface area (Å²) in [6.07, 6.45) is 0.143. The number of amides is 1. The molecule has 0 heterocycles. The minimum absolute atomic E-state index is 0.0655. The van der Waals surface area contributed by atoms with Gasteiger partial charge >= 0.3 is 0 Å². The lowest BCUT2D eigenvalue weighted by Gasteiger charge is -2.19. The number of halogens is 2. The lowest BCUT2D eigenvalue weighted by molar-refractivity contribution is -0.117. The molecule has 3 aromatic rings. The van der Waals surface area contributed by atoms with Crippen LogP contribution in [0.25, 0.3) is 0 Å². The van der Waals surface area contributed by atoms with Gasteiger partial charge < -0.3 is 5.32 Å². The first-order valence-corrected chi connectivity index (χ1v) is 11.7. The summed E-state index contributed by atoms with van der Waals surface area (Å²) in [5.74, 6) is -1.02. The Bertz CT molecular complexity index is 1140. The number of hydrogen-bond donors (Lipinski definition) is 2. The minimum atomic E-state index is -3.94. The summed E-state index contributed by atoms with van der Waals surface area (Å²) in [7, 11) is -3.94. The Morgan fingerprint density at radius 3 is 2.33 bits per heavy atom. The molecular weight excluding hydrogens is 518 g/mol. The van der Waals surface area contributed by atoms with E-state index >= 15 is 0 Å². The van der Waals surface area contributed by atoms with Crippen LogP contribution in [0, 0.1) is 16.3 Å². The Labute approximate surface area is 188 Å². The highest BCUT2D eigenvalue weighted by atomic mass is 127. The van der Waals surface area contributed by atoms with Crippen LogP contribution in [0.15, 0.2) is 77.7 Å². The fourth-order valence-electron chi connectivity index (χ4n) is 2.87. The van der Waals surface area contributed by atoms with E-state index in [-0.39, 0.29) is 16.9 Å². The largest absolute Gasteiger partial charge is 0.324 e. The summed E-state index contributed by atoms with van der Waals surface area (Å²) >= 11 is 2.08. The van der Waals surface area contributed by atoms with Crippen LogP contribution in [0.4, 0.5) is 10.1 Å². The number of nitrogens with one attached hydrogen (secondary N) is 2. The molecule has 2 N–H and O–H groups in total. The zero-order valence-electron chi connectivity index (χ0n) is 16.1. The molecule has 0 aliphatic heterocycles. The third-order valence-corrected chi connectivity index (χ3v) is 6.75. The van der Waals surface area contributed by atoms with Crippen molar-refractivity contribution in [3.05, 3.63) is 93.3 Å². The van der Waals surface area contributed by atoms with Crippen LogP contribution < -0.4 is 10.0 Å². The monoisotopic (exact) mass is 538 g/mol. The van der Waals surface area contributed by atoms with E-state index in [1.807, 2.05) is 30.3 Å². The Kier molecular flexibility index (Phi) is 7.22. The van der Waals surface area contributed by atoms with E-state index in [0.717, 1.165) is 9.13 Å². The molecule has 3 aromatic carbocycles. The van der Waals surface area contributed by atoms with E-state index < -0.39 is 27.8 Å². The number of carbonyl (C=O) groups excluding carboxylic acids is 1. The molecule has 30 heavy (non-hydrogen) atoms. The summed E-state index contributed by atoms with van der Waals surface area (Å²) in [6, 6.07) is 18.7. The highest BCUT2D eigenvalue weighted by molar-refractivity contribution is 14.1. The van der Waals surface area contributed by atoms with Crippen molar-refractivity contribution in [2.75, 3.05) is 5.32 Å². The van der Waals surface area contributed by atoms with Gasteiger partial charge in [0.2, 0.25) is 15.9 Å². The molecule has 0 aliphatic carbocycles. The Balaban J connectivity index is 1.88. The van der Waals surface area contributed by atoms with Crippen LogP contribution in [-0.2, 0) is 21.2 Å². The number of sulfonamides is 1. The third-order valence-electron chi connectivity index (χ3n) is 4.55. The van der Waals surface area contributed by atoms with Crippen molar-refractivity contribution < 1.29 is 17.6 Å². The lowest BCUT2D eigenvalue weighted by Crippen LogP contribution is -2.45. The third kappa shape index (κ3) is 5.65. The molecule has 0 spiro atoms. The van der Waals surface area contributed by atoms with E-state index in [4.69, 9.17) is 0 Å². The van der Waals surface area contributed by atoms with E-state index in [1.54, 1.807) is 25.1 Å². The minimum Gasteiger partial charge on any atom is -0.324 e. The average Bonchev–Trinajstić information content (AvgIpc) is 2.72. The second-order valence-corrected chi connectivity index (χ2v) is 9.68. The van der Waals surface area contributed by atoms with Crippen LogP contribution in [0.2, 0.25) is 0 Å². The number of hydrogen-bond acceptors (Lipinski definition) is 3. The highest BCUT2D eigenvalue weighted by Crippen LogP contribution is 2.19. The molecule has 0 aliphatic rings. The van der Waals surface area contributed by atoms with Gasteiger partial charge in [-0.25, -0.2) is 12.8 Å². The van der Waals surface area contributed by atoms with Crippen molar-refractivity contribution in [1.82, 2.24) is 4.72 Å². The van der Waals surface area contributed by atoms with E-state index in [0.29, 0.717) is 5.69 Å². The second-order valence-electron chi connectivity index (χ2n) is 6.72. The van der Waals surface area contributed by atoms with Gasteiger partial charge in [-0.05, 0) is 77.9 Å². The Morgan fingerprint density at radius 2 is 1.67 bits per heavy atom. The molecule has 0 unspecified atom stereocenters. The van der Waals surface area contributed by atoms with Gasteiger partial charge in [-0.1, -0.05) is 36.4 Å². The van der Waals surface area contributed by atoms with Crippen molar-refractivity contribution in [1.29, 1.82) is 0 Å². The molecule has 5 nitrogen and oxygen atoms in total. The maximum absolute atomic E-state index is 13.8. The predicted octanol–water partition coefficient (Wildman–Crippen LogP) is 4.27. The zero-order chi connectivity index (χ0) is 21.7. The topological polar surface area (TPSA) is 75.3 Å². The predicted molar refractivity (Wildman–Crippen MR) is 123 cm³/mol. The number of rotatable bonds is 7. The first-order valence-electron chi connectivity index (χ1n) is 9.14. The molecule has 8 heteroatoms. The van der Waals surface area contributed by atoms with E-state index in [9.17, 15) is 17.6 Å². The molecule has 0 saturated heterocycles. The number of anilines is 1. The molecule has 0 aromatic heterocycles. The summed E-state index contributed by atoms with van der Waals surface area (Å²) in [4.78, 5) is 13.0. The van der Waals surface area contributed by atoms with Gasteiger partial charge in [0, 0.05) is 14.8 Å². The van der Waals surface area contributed by atoms with Crippen molar-refractivity contribution in [3.63, 3.8) is 0 Å². The van der Waals surface area contributed by atoms with Crippen LogP contribution in [0.5, 0.6) is 0 Å². The molecule has 3 rings (SSSR count). The summed E-state index contributed by atoms with van der Waals surface area (Å²) < 4.78 is 43.0. The standard InChI is InChI=1S/C22H20FIN2O3S/c1-15-19(23)8-5-9-20(15)25-22(27)21(14-16-6-3-2-4-7-16)26-30(28,29)18-12-10-17(24)11-13-18/h2-13,21,26H,14H2,1H3,(H,25,27)/t21-/m0/s1. The molecule has 1 amide bonds. The normalized spacial score (nSPS) is 12.4. The first kappa shape index (κ1) is 22.4. The molecule has 0 fully saturated rings. The zero-order valence-corrected chi connectivity index (χ0v) is 19.1. The number of carbonyl (C=O) groups is 1. The van der Waals surface area contributed by atoms with Gasteiger partial charge in [0.25, 0.3) is 0 Å². The summed E-state index contributed by atoms with van der Waals surface area (Å²) in [5.41, 5.74) is 1.37. The lowest BCUT2D eigenvalue weighted by atomic mass is 10.1. The number of benzene rings is 3. The van der Waals surface area contributed by atoms with Crippen molar-refractivity contribution in [2.45, 2.75) is 24.3 Å². The van der Waals surface area contributed by atoms with Gasteiger partial charge in [-0.2, -0.15) is 4.72 Å². The second kappa shape index (κ2) is 9.67. The van der Waals surface area contributed by atoms with Gasteiger partial charge in [-0.3, -0.25) is 4.79 Å². The van der Waals surface area contributed by atoms with Gasteiger partial charge in [0.05, 0.1) is 4.90 Å². The fourth-order valence-corrected chi connectivity index (χ4v) is 4.42. The van der Waals surface area contributed by atoms with Gasteiger partial charge in [0.15, 0.2) is 0 Å². The maximum atomic E-state index is 13.8. The molecule has 0 bridgehead atoms. The van der Waals surface area contributed by atoms with E-state index in [2.05, 4.69) is 32.6 Å². The van der Waals surface area contributed by atoms with Crippen LogP contribution in [0.1, 0.15) is 11.1 Å².